The first kappa shape index (κ1) is 24.9. The number of anilines is 2. The largest absolute Gasteiger partial charge is 0.452 e. The summed E-state index contributed by atoms with van der Waals surface area (Å²) < 4.78 is 46.8. The van der Waals surface area contributed by atoms with Gasteiger partial charge in [0.05, 0.1) is 25.8 Å². The molecule has 1 aromatic heterocycles. The third-order valence-corrected chi connectivity index (χ3v) is 7.61. The molecule has 3 aromatic carbocycles. The molecule has 0 aliphatic carbocycles. The second kappa shape index (κ2) is 10.2. The number of esters is 1. The van der Waals surface area contributed by atoms with E-state index in [1.54, 1.807) is 6.07 Å². The zero-order chi connectivity index (χ0) is 25.2. The molecular formula is C22H14Cl2FN3O5S2. The number of nitrogens with zero attached hydrogens (tertiary/aromatic N) is 1. The molecule has 0 aliphatic heterocycles. The molecular weight excluding hydrogens is 540 g/mol. The number of hydrogen-bond donors (Lipinski definition) is 2. The van der Waals surface area contributed by atoms with E-state index in [1.165, 1.54) is 23.5 Å². The molecule has 0 spiro atoms. The van der Waals surface area contributed by atoms with Crippen LogP contribution in [-0.4, -0.2) is 31.9 Å². The summed E-state index contributed by atoms with van der Waals surface area (Å²) in [6.45, 7) is -0.663. The molecule has 35 heavy (non-hydrogen) atoms. The molecule has 0 atom stereocenters. The van der Waals surface area contributed by atoms with Gasteiger partial charge in [0.2, 0.25) is 0 Å². The third kappa shape index (κ3) is 5.88. The SMILES string of the molecule is O=C(COC(=O)c1cc(S(=O)(=O)Nc2ccc(F)cc2)c(Cl)cc1Cl)Nc1nc2ccccc2s1. The standard InChI is InChI=1S/C22H14Cl2FN3O5S2/c23-15-10-16(24)19(35(31,32)28-13-7-5-12(25)6-8-13)9-14(15)21(30)33-11-20(29)27-22-26-17-3-1-2-4-18(17)34-22/h1-10,28H,11H2,(H,26,27,29). The van der Waals surface area contributed by atoms with Gasteiger partial charge >= 0.3 is 5.97 Å². The van der Waals surface area contributed by atoms with Gasteiger partial charge in [0, 0.05) is 5.69 Å². The molecule has 4 aromatic rings. The molecule has 8 nitrogen and oxygen atoms in total. The van der Waals surface area contributed by atoms with Crippen LogP contribution >= 0.6 is 34.5 Å². The number of nitrogens with one attached hydrogen (secondary N) is 2. The van der Waals surface area contributed by atoms with E-state index < -0.39 is 39.2 Å². The van der Waals surface area contributed by atoms with Gasteiger partial charge in [-0.25, -0.2) is 22.6 Å². The van der Waals surface area contributed by atoms with Crippen molar-refractivity contribution in [3.8, 4) is 0 Å². The summed E-state index contributed by atoms with van der Waals surface area (Å²) in [5.74, 6) is -2.23. The zero-order valence-electron chi connectivity index (χ0n) is 17.4. The number of carbonyl (C=O) groups excluding carboxylic acids is 2. The van der Waals surface area contributed by atoms with Crippen molar-refractivity contribution in [2.45, 2.75) is 4.90 Å². The van der Waals surface area contributed by atoms with Crippen LogP contribution in [0.25, 0.3) is 10.2 Å². The minimum atomic E-state index is -4.27. The highest BCUT2D eigenvalue weighted by Gasteiger charge is 2.24. The summed E-state index contributed by atoms with van der Waals surface area (Å²) in [5.41, 5.74) is 0.470. The molecule has 0 radical (unpaired) electrons. The van der Waals surface area contributed by atoms with E-state index in [9.17, 15) is 22.4 Å². The van der Waals surface area contributed by atoms with E-state index >= 15 is 0 Å². The van der Waals surface area contributed by atoms with Gasteiger partial charge < -0.3 is 4.74 Å². The monoisotopic (exact) mass is 553 g/mol. The number of rotatable bonds is 7. The highest BCUT2D eigenvalue weighted by molar-refractivity contribution is 7.92. The number of benzene rings is 3. The molecule has 13 heteroatoms. The Hall–Kier alpha value is -3.25. The number of amides is 1. The minimum Gasteiger partial charge on any atom is -0.452 e. The first-order valence-corrected chi connectivity index (χ1v) is 12.8. The molecule has 0 saturated carbocycles. The first-order chi connectivity index (χ1) is 16.6. The number of fused-ring (bicyclic) bond motifs is 1. The van der Waals surface area contributed by atoms with Gasteiger partial charge in [-0.3, -0.25) is 14.8 Å². The number of para-hydroxylation sites is 1. The number of aromatic nitrogens is 1. The smallest absolute Gasteiger partial charge is 0.340 e. The third-order valence-electron chi connectivity index (χ3n) is 4.50. The van der Waals surface area contributed by atoms with Gasteiger partial charge in [-0.15, -0.1) is 0 Å². The number of halogens is 3. The van der Waals surface area contributed by atoms with Crippen LogP contribution in [-0.2, 0) is 19.6 Å². The van der Waals surface area contributed by atoms with E-state index in [0.29, 0.717) is 10.6 Å². The molecule has 1 amide bonds. The number of carbonyl (C=O) groups is 2. The van der Waals surface area contributed by atoms with Gasteiger partial charge in [0.1, 0.15) is 10.7 Å². The van der Waals surface area contributed by atoms with Crippen LogP contribution in [0, 0.1) is 5.82 Å². The van der Waals surface area contributed by atoms with Crippen LogP contribution in [0.2, 0.25) is 10.0 Å². The van der Waals surface area contributed by atoms with Gasteiger partial charge in [-0.2, -0.15) is 0 Å². The van der Waals surface area contributed by atoms with Crippen LogP contribution in [0.4, 0.5) is 15.2 Å². The van der Waals surface area contributed by atoms with E-state index in [1.807, 2.05) is 18.2 Å². The molecule has 0 saturated heterocycles. The van der Waals surface area contributed by atoms with Crippen molar-refractivity contribution in [3.05, 3.63) is 82.1 Å². The Bertz CT molecular complexity index is 1510. The fraction of sp³-hybridized carbons (Fsp3) is 0.0455. The lowest BCUT2D eigenvalue weighted by atomic mass is 10.2. The molecule has 180 valence electrons. The van der Waals surface area contributed by atoms with Crippen molar-refractivity contribution in [2.75, 3.05) is 16.6 Å². The summed E-state index contributed by atoms with van der Waals surface area (Å²) in [5, 5.41) is 2.44. The number of ether oxygens (including phenoxy) is 1. The second-order valence-electron chi connectivity index (χ2n) is 6.99. The number of hydrogen-bond acceptors (Lipinski definition) is 7. The molecule has 2 N–H and O–H groups in total. The summed E-state index contributed by atoms with van der Waals surface area (Å²) in [4.78, 5) is 28.6. The maximum Gasteiger partial charge on any atom is 0.340 e. The first-order valence-electron chi connectivity index (χ1n) is 9.72. The van der Waals surface area contributed by atoms with E-state index in [0.717, 1.165) is 29.0 Å². The Balaban J connectivity index is 1.46. The van der Waals surface area contributed by atoms with Crippen LogP contribution in [0.1, 0.15) is 10.4 Å². The van der Waals surface area contributed by atoms with Gasteiger partial charge in [0.15, 0.2) is 11.7 Å². The Morgan fingerprint density at radius 2 is 1.74 bits per heavy atom. The second-order valence-corrected chi connectivity index (χ2v) is 10.5. The van der Waals surface area contributed by atoms with Crippen LogP contribution < -0.4 is 10.0 Å². The van der Waals surface area contributed by atoms with Gasteiger partial charge in [-0.05, 0) is 48.5 Å². The number of thiazole rings is 1. The average molecular weight is 554 g/mol. The summed E-state index contributed by atoms with van der Waals surface area (Å²) in [7, 11) is -4.27. The highest BCUT2D eigenvalue weighted by atomic mass is 35.5. The molecule has 0 fully saturated rings. The molecule has 0 aliphatic rings. The van der Waals surface area contributed by atoms with Crippen molar-refractivity contribution < 1.29 is 27.1 Å². The molecule has 0 unspecified atom stereocenters. The topological polar surface area (TPSA) is 114 Å². The molecule has 4 rings (SSSR count). The van der Waals surface area contributed by atoms with Crippen LogP contribution in [0.5, 0.6) is 0 Å². The van der Waals surface area contributed by atoms with Crippen LogP contribution in [0.15, 0.2) is 65.6 Å². The Morgan fingerprint density at radius 1 is 1.03 bits per heavy atom. The maximum atomic E-state index is 13.1. The minimum absolute atomic E-state index is 0.0769. The van der Waals surface area contributed by atoms with Gasteiger partial charge in [-0.1, -0.05) is 46.7 Å². The van der Waals surface area contributed by atoms with Crippen molar-refractivity contribution in [2.24, 2.45) is 0 Å². The molecule has 1 heterocycles. The summed E-state index contributed by atoms with van der Waals surface area (Å²) in [6.07, 6.45) is 0. The highest BCUT2D eigenvalue weighted by Crippen LogP contribution is 2.31. The summed E-state index contributed by atoms with van der Waals surface area (Å²) in [6, 6.07) is 13.9. The zero-order valence-corrected chi connectivity index (χ0v) is 20.6. The Morgan fingerprint density at radius 3 is 2.46 bits per heavy atom. The van der Waals surface area contributed by atoms with E-state index in [2.05, 4.69) is 15.0 Å². The van der Waals surface area contributed by atoms with Crippen molar-refractivity contribution >= 4 is 77.5 Å². The Kier molecular flexibility index (Phi) is 7.22. The van der Waals surface area contributed by atoms with E-state index in [-0.39, 0.29) is 21.3 Å². The van der Waals surface area contributed by atoms with Gasteiger partial charge in [0.25, 0.3) is 15.9 Å². The predicted molar refractivity (Wildman–Crippen MR) is 132 cm³/mol. The Labute approximate surface area is 212 Å². The lowest BCUT2D eigenvalue weighted by Crippen LogP contribution is -2.21. The molecule has 0 bridgehead atoms. The fourth-order valence-electron chi connectivity index (χ4n) is 2.91. The lowest BCUT2D eigenvalue weighted by molar-refractivity contribution is -0.119. The fourth-order valence-corrected chi connectivity index (χ4v) is 5.70. The van der Waals surface area contributed by atoms with Crippen molar-refractivity contribution in [1.29, 1.82) is 0 Å². The van der Waals surface area contributed by atoms with Crippen molar-refractivity contribution in [3.63, 3.8) is 0 Å². The normalized spacial score (nSPS) is 11.3. The van der Waals surface area contributed by atoms with E-state index in [4.69, 9.17) is 27.9 Å². The predicted octanol–water partition coefficient (Wildman–Crippen LogP) is 5.34. The average Bonchev–Trinajstić information content (AvgIpc) is 3.21. The summed E-state index contributed by atoms with van der Waals surface area (Å²) >= 11 is 13.4. The van der Waals surface area contributed by atoms with Crippen LogP contribution in [0.3, 0.4) is 0 Å². The maximum absolute atomic E-state index is 13.1. The quantitative estimate of drug-likeness (QED) is 0.298. The number of sulfonamides is 1. The van der Waals surface area contributed by atoms with Crippen molar-refractivity contribution in [1.82, 2.24) is 4.98 Å². The lowest BCUT2D eigenvalue weighted by Gasteiger charge is -2.12.